The molecule has 0 aromatic carbocycles. The summed E-state index contributed by atoms with van der Waals surface area (Å²) in [6.45, 7) is 0. The van der Waals surface area contributed by atoms with Crippen LogP contribution in [-0.4, -0.2) is 13.4 Å². The minimum absolute atomic E-state index is 0. The standard InChI is InChI=1S/C6H4N2.BH3.3FH/c7-5-6-1-3-8-4-2-6;;;;/h1-4H;1H3;3*1H. The quantitative estimate of drug-likeness (QED) is 0.533. The molecule has 0 unspecified atom stereocenters. The van der Waals surface area contributed by atoms with Crippen LogP contribution in [0.3, 0.4) is 0 Å². The molecule has 0 fully saturated rings. The van der Waals surface area contributed by atoms with E-state index < -0.39 is 0 Å². The monoisotopic (exact) mass is 178 g/mol. The van der Waals surface area contributed by atoms with Crippen molar-refractivity contribution in [2.75, 3.05) is 0 Å². The molecule has 0 atom stereocenters. The molecule has 0 amide bonds. The van der Waals surface area contributed by atoms with Gasteiger partial charge in [0, 0.05) is 12.4 Å². The average molecular weight is 178 g/mol. The van der Waals surface area contributed by atoms with E-state index in [0.29, 0.717) is 5.56 Å². The molecule has 68 valence electrons. The lowest BCUT2D eigenvalue weighted by molar-refractivity contribution is 1.11. The third-order valence-corrected chi connectivity index (χ3v) is 0.809. The Labute approximate surface area is 69.9 Å². The van der Waals surface area contributed by atoms with Gasteiger partial charge in [-0.1, -0.05) is 0 Å². The van der Waals surface area contributed by atoms with Crippen LogP contribution in [0.1, 0.15) is 5.56 Å². The van der Waals surface area contributed by atoms with E-state index in [0.717, 1.165) is 0 Å². The number of aromatic nitrogens is 1. The van der Waals surface area contributed by atoms with Crippen molar-refractivity contribution in [3.05, 3.63) is 30.1 Å². The van der Waals surface area contributed by atoms with E-state index in [2.05, 4.69) is 4.98 Å². The predicted octanol–water partition coefficient (Wildman–Crippen LogP) is 0.227. The Morgan fingerprint density at radius 1 is 1.08 bits per heavy atom. The van der Waals surface area contributed by atoms with E-state index in [-0.39, 0.29) is 22.5 Å². The molecule has 0 N–H and O–H groups in total. The van der Waals surface area contributed by atoms with Crippen LogP contribution in [0.15, 0.2) is 24.5 Å². The molecule has 0 saturated carbocycles. The Kier molecular flexibility index (Phi) is 22.8. The lowest BCUT2D eigenvalue weighted by Gasteiger charge is -1.79. The SMILES string of the molecule is B.F.F.F.N#Cc1ccncc1. The van der Waals surface area contributed by atoms with Gasteiger partial charge >= 0.3 is 0 Å². The van der Waals surface area contributed by atoms with Gasteiger partial charge in [0.05, 0.1) is 20.0 Å². The molecule has 0 bridgehead atoms. The zero-order chi connectivity index (χ0) is 5.82. The van der Waals surface area contributed by atoms with Gasteiger partial charge in [0.25, 0.3) is 0 Å². The molecule has 0 aliphatic rings. The molecule has 1 aromatic rings. The highest BCUT2D eigenvalue weighted by Gasteiger charge is 1.80. The lowest BCUT2D eigenvalue weighted by Crippen LogP contribution is -1.71. The molecule has 0 radical (unpaired) electrons. The Bertz CT molecular complexity index is 212. The number of rotatable bonds is 0. The fraction of sp³-hybridized carbons (Fsp3) is 0. The summed E-state index contributed by atoms with van der Waals surface area (Å²) in [5.74, 6) is 0. The molecule has 12 heavy (non-hydrogen) atoms. The Balaban J connectivity index is -0.0000000800. The maximum Gasteiger partial charge on any atom is 0.0992 e. The molecule has 1 heterocycles. The van der Waals surface area contributed by atoms with E-state index in [1.165, 1.54) is 0 Å². The number of pyridine rings is 1. The topological polar surface area (TPSA) is 36.7 Å². The van der Waals surface area contributed by atoms with Gasteiger partial charge in [-0.3, -0.25) is 19.1 Å². The van der Waals surface area contributed by atoms with Crippen LogP contribution in [0.2, 0.25) is 0 Å². The highest BCUT2D eigenvalue weighted by molar-refractivity contribution is 5.75. The molecule has 0 aliphatic heterocycles. The van der Waals surface area contributed by atoms with Crippen LogP contribution in [-0.2, 0) is 0 Å². The van der Waals surface area contributed by atoms with E-state index in [9.17, 15) is 0 Å². The van der Waals surface area contributed by atoms with Gasteiger partial charge in [0.15, 0.2) is 0 Å². The van der Waals surface area contributed by atoms with E-state index in [4.69, 9.17) is 5.26 Å². The summed E-state index contributed by atoms with van der Waals surface area (Å²) < 4.78 is 0. The van der Waals surface area contributed by atoms with Crippen LogP contribution in [0, 0.1) is 11.3 Å². The third kappa shape index (κ3) is 6.61. The van der Waals surface area contributed by atoms with Crippen molar-refractivity contribution in [1.82, 2.24) is 4.98 Å². The maximum atomic E-state index is 8.26. The van der Waals surface area contributed by atoms with Crippen molar-refractivity contribution in [2.24, 2.45) is 0 Å². The summed E-state index contributed by atoms with van der Waals surface area (Å²) in [7, 11) is 0. The summed E-state index contributed by atoms with van der Waals surface area (Å²) in [5.41, 5.74) is 0.653. The Morgan fingerprint density at radius 3 is 1.75 bits per heavy atom. The van der Waals surface area contributed by atoms with Crippen LogP contribution in [0.25, 0.3) is 0 Å². The van der Waals surface area contributed by atoms with Crippen molar-refractivity contribution in [2.45, 2.75) is 0 Å². The summed E-state index contributed by atoms with van der Waals surface area (Å²) >= 11 is 0. The molecular formula is C6H10BF3N2. The molecule has 2 nitrogen and oxygen atoms in total. The fourth-order valence-corrected chi connectivity index (χ4v) is 0.426. The Hall–Kier alpha value is -1.51. The molecule has 6 heteroatoms. The van der Waals surface area contributed by atoms with Gasteiger partial charge in [0.2, 0.25) is 0 Å². The van der Waals surface area contributed by atoms with Crippen molar-refractivity contribution < 1.29 is 14.1 Å². The largest absolute Gasteiger partial charge is 0.269 e. The van der Waals surface area contributed by atoms with Gasteiger partial charge in [-0.25, -0.2) is 0 Å². The highest BCUT2D eigenvalue weighted by Crippen LogP contribution is 1.89. The lowest BCUT2D eigenvalue weighted by atomic mass is 10.3. The number of hydrogen-bond acceptors (Lipinski definition) is 2. The molecule has 0 aliphatic carbocycles. The van der Waals surface area contributed by atoms with Gasteiger partial charge in [-0.15, -0.1) is 0 Å². The van der Waals surface area contributed by atoms with Crippen molar-refractivity contribution >= 4 is 8.41 Å². The zero-order valence-electron chi connectivity index (χ0n) is 5.43. The van der Waals surface area contributed by atoms with E-state index in [1.807, 2.05) is 6.07 Å². The second kappa shape index (κ2) is 12.2. The number of nitriles is 1. The minimum atomic E-state index is 0. The molecular weight excluding hydrogens is 168 g/mol. The average Bonchev–Trinajstić information content (AvgIpc) is 1.90. The van der Waals surface area contributed by atoms with Crippen molar-refractivity contribution in [1.29, 1.82) is 5.26 Å². The smallest absolute Gasteiger partial charge is 0.0992 e. The summed E-state index contributed by atoms with van der Waals surface area (Å²) in [4.78, 5) is 3.74. The first-order valence-electron chi connectivity index (χ1n) is 2.23. The first kappa shape index (κ1) is 22.4. The third-order valence-electron chi connectivity index (χ3n) is 0.809. The minimum Gasteiger partial charge on any atom is -0.269 e. The van der Waals surface area contributed by atoms with Crippen LogP contribution in [0.4, 0.5) is 14.1 Å². The van der Waals surface area contributed by atoms with E-state index in [1.54, 1.807) is 24.5 Å². The van der Waals surface area contributed by atoms with Crippen molar-refractivity contribution in [3.8, 4) is 6.07 Å². The highest BCUT2D eigenvalue weighted by atomic mass is 19.0. The van der Waals surface area contributed by atoms with Gasteiger partial charge in [0.1, 0.15) is 0 Å². The molecule has 0 spiro atoms. The number of hydrogen-bond donors (Lipinski definition) is 0. The maximum absolute atomic E-state index is 8.26. The normalized spacial score (nSPS) is 5.25. The van der Waals surface area contributed by atoms with Crippen molar-refractivity contribution in [3.63, 3.8) is 0 Å². The molecule has 0 saturated heterocycles. The van der Waals surface area contributed by atoms with Crippen LogP contribution >= 0.6 is 0 Å². The summed E-state index contributed by atoms with van der Waals surface area (Å²) in [6, 6.07) is 5.32. The Morgan fingerprint density at radius 2 is 1.50 bits per heavy atom. The first-order chi connectivity index (χ1) is 3.93. The van der Waals surface area contributed by atoms with E-state index >= 15 is 0 Å². The van der Waals surface area contributed by atoms with Gasteiger partial charge in [-0.2, -0.15) is 5.26 Å². The van der Waals surface area contributed by atoms with Crippen LogP contribution in [0.5, 0.6) is 0 Å². The number of halogens is 3. The first-order valence-corrected chi connectivity index (χ1v) is 2.23. The molecule has 1 rings (SSSR count). The predicted molar refractivity (Wildman–Crippen MR) is 46.4 cm³/mol. The number of nitrogens with zero attached hydrogens (tertiary/aromatic N) is 2. The summed E-state index contributed by atoms with van der Waals surface area (Å²) in [5, 5.41) is 8.26. The zero-order valence-corrected chi connectivity index (χ0v) is 5.43. The molecule has 1 aromatic heterocycles. The van der Waals surface area contributed by atoms with Gasteiger partial charge in [-0.05, 0) is 12.1 Å². The second-order valence-corrected chi connectivity index (χ2v) is 1.35. The second-order valence-electron chi connectivity index (χ2n) is 1.35. The van der Waals surface area contributed by atoms with Crippen LogP contribution < -0.4 is 0 Å². The summed E-state index contributed by atoms with van der Waals surface area (Å²) in [6.07, 6.45) is 3.19. The van der Waals surface area contributed by atoms with Gasteiger partial charge < -0.3 is 0 Å². The fourth-order valence-electron chi connectivity index (χ4n) is 0.426.